The fraction of sp³-hybridized carbons (Fsp3) is 0.545. The summed E-state index contributed by atoms with van der Waals surface area (Å²) >= 11 is 3.01. The normalized spacial score (nSPS) is 17.1. The first-order valence-electron chi connectivity index (χ1n) is 5.95. The topological polar surface area (TPSA) is 114 Å². The second-order valence-electron chi connectivity index (χ2n) is 4.89. The van der Waals surface area contributed by atoms with E-state index in [2.05, 4.69) is 32.4 Å². The minimum absolute atomic E-state index is 0.170. The molecule has 1 atom stereocenters. The van der Waals surface area contributed by atoms with Crippen LogP contribution in [0.15, 0.2) is 10.7 Å². The van der Waals surface area contributed by atoms with Crippen LogP contribution in [-0.4, -0.2) is 26.1 Å². The Morgan fingerprint density at radius 1 is 1.80 bits per heavy atom. The van der Waals surface area contributed by atoms with Gasteiger partial charge in [-0.2, -0.15) is 9.94 Å². The first-order valence-corrected chi connectivity index (χ1v) is 6.74. The van der Waals surface area contributed by atoms with Gasteiger partial charge in [0.25, 0.3) is 0 Å². The van der Waals surface area contributed by atoms with Crippen LogP contribution >= 0.6 is 15.9 Å². The van der Waals surface area contributed by atoms with Crippen molar-refractivity contribution in [1.82, 2.24) is 15.1 Å². The van der Waals surface area contributed by atoms with Gasteiger partial charge in [-0.05, 0) is 46.5 Å². The summed E-state index contributed by atoms with van der Waals surface area (Å²) in [6, 6.07) is 2.11. The molecule has 1 aliphatic carbocycles. The van der Waals surface area contributed by atoms with E-state index in [4.69, 9.17) is 5.26 Å². The third-order valence-electron chi connectivity index (χ3n) is 3.20. The molecule has 1 heterocycles. The number of nitro groups is 1. The average molecular weight is 342 g/mol. The third kappa shape index (κ3) is 2.96. The first kappa shape index (κ1) is 14.5. The van der Waals surface area contributed by atoms with Gasteiger partial charge in [-0.25, -0.2) is 0 Å². The van der Waals surface area contributed by atoms with Gasteiger partial charge in [0.05, 0.1) is 17.4 Å². The molecule has 0 unspecified atom stereocenters. The summed E-state index contributed by atoms with van der Waals surface area (Å²) in [6.07, 6.45) is 3.20. The lowest BCUT2D eigenvalue weighted by atomic mass is 9.98. The van der Waals surface area contributed by atoms with Crippen LogP contribution in [0.4, 0.5) is 5.82 Å². The molecule has 1 N–H and O–H groups in total. The molecule has 0 aromatic carbocycles. The van der Waals surface area contributed by atoms with Crippen LogP contribution < -0.4 is 5.32 Å². The number of hydrogen-bond acceptors (Lipinski definition) is 5. The van der Waals surface area contributed by atoms with Crippen LogP contribution in [0.2, 0.25) is 0 Å². The van der Waals surface area contributed by atoms with Gasteiger partial charge in [0, 0.05) is 0 Å². The standard InChI is InChI=1S/C11H12BrN5O3/c1-11(6-13,7-2-3-7)14-9(18)5-16-4-8(12)10(15-16)17(19)20/h4,7H,2-3,5H2,1H3,(H,14,18)/t11-/m1/s1. The quantitative estimate of drug-likeness (QED) is 0.641. The molecule has 9 heteroatoms. The summed E-state index contributed by atoms with van der Waals surface area (Å²) in [7, 11) is 0. The summed E-state index contributed by atoms with van der Waals surface area (Å²) in [5.74, 6) is -0.566. The van der Waals surface area contributed by atoms with E-state index in [0.29, 0.717) is 0 Å². The molecule has 1 saturated carbocycles. The highest BCUT2D eigenvalue weighted by Gasteiger charge is 2.43. The predicted molar refractivity (Wildman–Crippen MR) is 71.5 cm³/mol. The van der Waals surface area contributed by atoms with Gasteiger partial charge in [-0.1, -0.05) is 0 Å². The molecule has 1 fully saturated rings. The molecule has 0 bridgehead atoms. The smallest absolute Gasteiger partial charge is 0.358 e. The number of nitriles is 1. The number of nitrogens with one attached hydrogen (secondary N) is 1. The van der Waals surface area contributed by atoms with Crippen molar-refractivity contribution in [1.29, 1.82) is 5.26 Å². The number of aromatic nitrogens is 2. The van der Waals surface area contributed by atoms with Gasteiger partial charge in [-0.15, -0.1) is 0 Å². The zero-order valence-corrected chi connectivity index (χ0v) is 12.3. The molecule has 1 aliphatic rings. The number of carbonyl (C=O) groups excluding carboxylic acids is 1. The molecule has 8 nitrogen and oxygen atoms in total. The van der Waals surface area contributed by atoms with E-state index in [1.807, 2.05) is 0 Å². The third-order valence-corrected chi connectivity index (χ3v) is 3.76. The maximum absolute atomic E-state index is 11.9. The fourth-order valence-corrected chi connectivity index (χ4v) is 2.41. The Hall–Kier alpha value is -1.95. The van der Waals surface area contributed by atoms with Crippen molar-refractivity contribution in [3.63, 3.8) is 0 Å². The number of rotatable bonds is 5. The molecule has 0 saturated heterocycles. The largest absolute Gasteiger partial charge is 0.404 e. The van der Waals surface area contributed by atoms with Crippen LogP contribution in [0, 0.1) is 27.4 Å². The Labute approximate surface area is 123 Å². The molecule has 2 rings (SSSR count). The Morgan fingerprint density at radius 3 is 2.90 bits per heavy atom. The van der Waals surface area contributed by atoms with Crippen molar-refractivity contribution in [2.24, 2.45) is 5.92 Å². The number of hydrogen-bond donors (Lipinski definition) is 1. The average Bonchev–Trinajstić information content (AvgIpc) is 3.14. The zero-order valence-electron chi connectivity index (χ0n) is 10.7. The molecular weight excluding hydrogens is 330 g/mol. The van der Waals surface area contributed by atoms with Crippen molar-refractivity contribution in [2.45, 2.75) is 31.8 Å². The molecule has 0 spiro atoms. The van der Waals surface area contributed by atoms with Crippen molar-refractivity contribution >= 4 is 27.7 Å². The van der Waals surface area contributed by atoms with Crippen LogP contribution in [-0.2, 0) is 11.3 Å². The van der Waals surface area contributed by atoms with Crippen LogP contribution in [0.5, 0.6) is 0 Å². The van der Waals surface area contributed by atoms with E-state index in [0.717, 1.165) is 12.8 Å². The maximum Gasteiger partial charge on any atom is 0.404 e. The summed E-state index contributed by atoms with van der Waals surface area (Å²) in [6.45, 7) is 1.51. The predicted octanol–water partition coefficient (Wildman–Crippen LogP) is 1.36. The lowest BCUT2D eigenvalue weighted by Gasteiger charge is -2.22. The van der Waals surface area contributed by atoms with E-state index >= 15 is 0 Å². The van der Waals surface area contributed by atoms with E-state index in [1.54, 1.807) is 6.92 Å². The van der Waals surface area contributed by atoms with Gasteiger partial charge in [-0.3, -0.25) is 4.79 Å². The number of halogens is 1. The lowest BCUT2D eigenvalue weighted by Crippen LogP contribution is -2.47. The van der Waals surface area contributed by atoms with Crippen LogP contribution in [0.3, 0.4) is 0 Å². The molecule has 1 aromatic heterocycles. The van der Waals surface area contributed by atoms with E-state index in [9.17, 15) is 14.9 Å². The van der Waals surface area contributed by atoms with Crippen molar-refractivity contribution in [2.75, 3.05) is 0 Å². The Bertz CT molecular complexity index is 604. The molecule has 20 heavy (non-hydrogen) atoms. The monoisotopic (exact) mass is 341 g/mol. The van der Waals surface area contributed by atoms with Gasteiger partial charge in [0.1, 0.15) is 16.6 Å². The van der Waals surface area contributed by atoms with Gasteiger partial charge < -0.3 is 15.4 Å². The highest BCUT2D eigenvalue weighted by Crippen LogP contribution is 2.39. The Balaban J connectivity index is 2.03. The summed E-state index contributed by atoms with van der Waals surface area (Å²) < 4.78 is 1.38. The molecule has 0 radical (unpaired) electrons. The van der Waals surface area contributed by atoms with Crippen molar-refractivity contribution < 1.29 is 9.72 Å². The Morgan fingerprint density at radius 2 is 2.45 bits per heavy atom. The maximum atomic E-state index is 11.9. The van der Waals surface area contributed by atoms with E-state index in [1.165, 1.54) is 10.9 Å². The van der Waals surface area contributed by atoms with Crippen molar-refractivity contribution in [3.05, 3.63) is 20.8 Å². The first-order chi connectivity index (χ1) is 9.35. The van der Waals surface area contributed by atoms with Gasteiger partial charge in [0.2, 0.25) is 5.91 Å². The zero-order chi connectivity index (χ0) is 14.9. The molecule has 1 amide bonds. The minimum atomic E-state index is -0.882. The summed E-state index contributed by atoms with van der Waals surface area (Å²) in [5.41, 5.74) is -0.882. The number of amides is 1. The van der Waals surface area contributed by atoms with E-state index < -0.39 is 16.4 Å². The highest BCUT2D eigenvalue weighted by molar-refractivity contribution is 9.10. The molecule has 1 aromatic rings. The summed E-state index contributed by atoms with van der Waals surface area (Å²) in [4.78, 5) is 21.9. The number of carbonyl (C=O) groups is 1. The van der Waals surface area contributed by atoms with Gasteiger partial charge in [0.15, 0.2) is 0 Å². The second kappa shape index (κ2) is 5.20. The molecule has 106 valence electrons. The second-order valence-corrected chi connectivity index (χ2v) is 5.75. The SMILES string of the molecule is C[C@](C#N)(NC(=O)Cn1cc(Br)c([N+](=O)[O-])n1)C1CC1. The molecule has 0 aliphatic heterocycles. The van der Waals surface area contributed by atoms with E-state index in [-0.39, 0.29) is 22.8 Å². The van der Waals surface area contributed by atoms with Crippen LogP contribution in [0.1, 0.15) is 19.8 Å². The van der Waals surface area contributed by atoms with Crippen molar-refractivity contribution in [3.8, 4) is 6.07 Å². The summed E-state index contributed by atoms with van der Waals surface area (Å²) in [5, 5.41) is 26.2. The fourth-order valence-electron chi connectivity index (χ4n) is 1.95. The number of nitrogens with zero attached hydrogens (tertiary/aromatic N) is 4. The lowest BCUT2D eigenvalue weighted by molar-refractivity contribution is -0.390. The van der Waals surface area contributed by atoms with Gasteiger partial charge >= 0.3 is 5.82 Å². The highest BCUT2D eigenvalue weighted by atomic mass is 79.9. The molecular formula is C11H12BrN5O3. The Kier molecular flexibility index (Phi) is 3.76. The minimum Gasteiger partial charge on any atom is -0.358 e. The van der Waals surface area contributed by atoms with Crippen LogP contribution in [0.25, 0.3) is 0 Å².